The molecule has 1 heterocycles. The van der Waals surface area contributed by atoms with E-state index in [0.717, 1.165) is 6.07 Å². The summed E-state index contributed by atoms with van der Waals surface area (Å²) in [7, 11) is 0. The average Bonchev–Trinajstić information content (AvgIpc) is 2.96. The summed E-state index contributed by atoms with van der Waals surface area (Å²) < 4.78 is 19.0. The summed E-state index contributed by atoms with van der Waals surface area (Å²) in [4.78, 5) is 42.7. The predicted octanol–water partition coefficient (Wildman–Crippen LogP) is 5.29. The molecule has 0 saturated heterocycles. The van der Waals surface area contributed by atoms with Crippen molar-refractivity contribution in [1.82, 2.24) is 5.06 Å². The maximum atomic E-state index is 13.4. The number of halogens is 3. The van der Waals surface area contributed by atoms with E-state index in [9.17, 15) is 18.8 Å². The molecule has 30 heavy (non-hydrogen) atoms. The molecule has 0 radical (unpaired) electrons. The number of benzene rings is 3. The van der Waals surface area contributed by atoms with Gasteiger partial charge in [-0.05, 0) is 36.4 Å². The largest absolute Gasteiger partial charge is 0.456 e. The molecule has 9 heteroatoms. The lowest BCUT2D eigenvalue weighted by Gasteiger charge is -2.16. The van der Waals surface area contributed by atoms with Gasteiger partial charge in [-0.2, -0.15) is 0 Å². The first-order chi connectivity index (χ1) is 14.4. The van der Waals surface area contributed by atoms with Gasteiger partial charge in [0.25, 0.3) is 11.8 Å². The second kappa shape index (κ2) is 7.78. The molecule has 4 rings (SSSR count). The Balaban J connectivity index is 1.63. The van der Waals surface area contributed by atoms with Crippen LogP contribution < -0.4 is 4.74 Å². The molecular formula is C21H10Cl2FNO5. The van der Waals surface area contributed by atoms with E-state index in [-0.39, 0.29) is 38.2 Å². The zero-order valence-electron chi connectivity index (χ0n) is 14.9. The fourth-order valence-corrected chi connectivity index (χ4v) is 3.25. The first-order valence-electron chi connectivity index (χ1n) is 8.48. The molecule has 1 aliphatic rings. The molecule has 0 unspecified atom stereocenters. The maximum Gasteiger partial charge on any atom is 0.369 e. The van der Waals surface area contributed by atoms with Crippen molar-refractivity contribution in [3.63, 3.8) is 0 Å². The topological polar surface area (TPSA) is 72.9 Å². The van der Waals surface area contributed by atoms with Gasteiger partial charge in [-0.1, -0.05) is 46.5 Å². The number of carbonyl (C=O) groups is 3. The Morgan fingerprint density at radius 1 is 0.867 bits per heavy atom. The van der Waals surface area contributed by atoms with Crippen molar-refractivity contribution in [1.29, 1.82) is 0 Å². The van der Waals surface area contributed by atoms with Crippen LogP contribution in [0.4, 0.5) is 4.39 Å². The van der Waals surface area contributed by atoms with Gasteiger partial charge in [0.15, 0.2) is 0 Å². The zero-order valence-corrected chi connectivity index (χ0v) is 16.4. The van der Waals surface area contributed by atoms with Crippen LogP contribution in [0, 0.1) is 5.82 Å². The fraction of sp³-hybridized carbons (Fsp3) is 0. The van der Waals surface area contributed by atoms with E-state index in [4.69, 9.17) is 32.8 Å². The predicted molar refractivity (Wildman–Crippen MR) is 105 cm³/mol. The van der Waals surface area contributed by atoms with Crippen molar-refractivity contribution in [2.45, 2.75) is 0 Å². The molecule has 0 atom stereocenters. The van der Waals surface area contributed by atoms with Gasteiger partial charge in [-0.15, -0.1) is 0 Å². The molecule has 3 aromatic carbocycles. The first-order valence-corrected chi connectivity index (χ1v) is 9.24. The second-order valence-corrected chi connectivity index (χ2v) is 6.93. The number of hydrogen-bond donors (Lipinski definition) is 0. The van der Waals surface area contributed by atoms with Crippen molar-refractivity contribution in [3.8, 4) is 11.5 Å². The molecule has 6 nitrogen and oxygen atoms in total. The Morgan fingerprint density at radius 3 is 2.17 bits per heavy atom. The normalized spacial score (nSPS) is 12.7. The summed E-state index contributed by atoms with van der Waals surface area (Å²) in [5.74, 6) is -3.17. The monoisotopic (exact) mass is 445 g/mol. The summed E-state index contributed by atoms with van der Waals surface area (Å²) in [6.45, 7) is 0. The highest BCUT2D eigenvalue weighted by atomic mass is 35.5. The van der Waals surface area contributed by atoms with Gasteiger partial charge < -0.3 is 9.57 Å². The minimum absolute atomic E-state index is 0.0354. The third-order valence-electron chi connectivity index (χ3n) is 4.23. The molecule has 2 amide bonds. The molecule has 0 bridgehead atoms. The van der Waals surface area contributed by atoms with Crippen molar-refractivity contribution >= 4 is 41.0 Å². The molecule has 150 valence electrons. The van der Waals surface area contributed by atoms with E-state index in [0.29, 0.717) is 5.06 Å². The fourth-order valence-electron chi connectivity index (χ4n) is 2.83. The van der Waals surface area contributed by atoms with Gasteiger partial charge in [0, 0.05) is 6.07 Å². The minimum Gasteiger partial charge on any atom is -0.456 e. The van der Waals surface area contributed by atoms with Crippen molar-refractivity contribution in [2.75, 3.05) is 0 Å². The number of ether oxygens (including phenoxy) is 1. The van der Waals surface area contributed by atoms with Gasteiger partial charge in [0.05, 0.1) is 21.2 Å². The number of hydroxylamine groups is 2. The summed E-state index contributed by atoms with van der Waals surface area (Å²) in [6, 6.07) is 14.0. The van der Waals surface area contributed by atoms with Gasteiger partial charge in [0.1, 0.15) is 22.9 Å². The highest BCUT2D eigenvalue weighted by Gasteiger charge is 2.39. The number of amides is 2. The highest BCUT2D eigenvalue weighted by molar-refractivity contribution is 6.34. The van der Waals surface area contributed by atoms with E-state index < -0.39 is 23.6 Å². The van der Waals surface area contributed by atoms with Crippen LogP contribution in [-0.4, -0.2) is 22.8 Å². The number of nitrogens with zero attached hydrogens (tertiary/aromatic N) is 1. The molecule has 0 saturated carbocycles. The molecule has 0 N–H and O–H groups in total. The van der Waals surface area contributed by atoms with Gasteiger partial charge in [0.2, 0.25) is 0 Å². The molecule has 0 fully saturated rings. The maximum absolute atomic E-state index is 13.4. The minimum atomic E-state index is -1.08. The van der Waals surface area contributed by atoms with Crippen LogP contribution in [0.15, 0.2) is 60.7 Å². The van der Waals surface area contributed by atoms with Crippen LogP contribution in [0.25, 0.3) is 0 Å². The van der Waals surface area contributed by atoms with E-state index in [2.05, 4.69) is 0 Å². The van der Waals surface area contributed by atoms with Crippen molar-refractivity contribution in [3.05, 3.63) is 93.2 Å². The summed E-state index contributed by atoms with van der Waals surface area (Å²) in [5.41, 5.74) is 0.00921. The summed E-state index contributed by atoms with van der Waals surface area (Å²) >= 11 is 11.9. The quantitative estimate of drug-likeness (QED) is 0.509. The Morgan fingerprint density at radius 2 is 1.53 bits per heavy atom. The van der Waals surface area contributed by atoms with E-state index in [1.54, 1.807) is 12.1 Å². The number of rotatable bonds is 4. The van der Waals surface area contributed by atoms with Crippen LogP contribution in [-0.2, 0) is 4.84 Å². The van der Waals surface area contributed by atoms with Gasteiger partial charge in [-0.3, -0.25) is 9.59 Å². The van der Waals surface area contributed by atoms with Gasteiger partial charge in [-0.25, -0.2) is 9.18 Å². The Labute approximate surface area is 179 Å². The van der Waals surface area contributed by atoms with Crippen LogP contribution in [0.1, 0.15) is 31.1 Å². The van der Waals surface area contributed by atoms with Crippen LogP contribution >= 0.6 is 23.2 Å². The van der Waals surface area contributed by atoms with Crippen molar-refractivity contribution < 1.29 is 28.3 Å². The lowest BCUT2D eigenvalue weighted by Crippen LogP contribution is -2.32. The molecule has 1 aliphatic heterocycles. The van der Waals surface area contributed by atoms with E-state index in [1.165, 1.54) is 42.5 Å². The van der Waals surface area contributed by atoms with E-state index in [1.807, 2.05) is 0 Å². The first kappa shape index (κ1) is 19.9. The van der Waals surface area contributed by atoms with Crippen molar-refractivity contribution in [2.24, 2.45) is 0 Å². The third-order valence-corrected chi connectivity index (χ3v) is 4.83. The molecular weight excluding hydrogens is 436 g/mol. The second-order valence-electron chi connectivity index (χ2n) is 6.12. The molecule has 3 aromatic rings. The lowest BCUT2D eigenvalue weighted by molar-refractivity contribution is -0.0585. The van der Waals surface area contributed by atoms with E-state index >= 15 is 0 Å². The Kier molecular flexibility index (Phi) is 5.15. The Bertz CT molecular complexity index is 1180. The number of hydrogen-bond acceptors (Lipinski definition) is 5. The summed E-state index contributed by atoms with van der Waals surface area (Å²) in [5, 5.41) is 0.154. The molecule has 0 aliphatic carbocycles. The Hall–Kier alpha value is -3.42. The smallest absolute Gasteiger partial charge is 0.369 e. The van der Waals surface area contributed by atoms with Gasteiger partial charge >= 0.3 is 5.97 Å². The third kappa shape index (κ3) is 3.49. The number of carbonyl (C=O) groups excluding carboxylic acids is 3. The SMILES string of the molecule is O=C(ON1C(=O)c2ccccc2C1=O)c1c(Cl)cccc1Oc1ccc(F)c(Cl)c1. The summed E-state index contributed by atoms with van der Waals surface area (Å²) in [6.07, 6.45) is 0. The zero-order chi connectivity index (χ0) is 21.4. The highest BCUT2D eigenvalue weighted by Crippen LogP contribution is 2.33. The molecule has 0 spiro atoms. The number of fused-ring (bicyclic) bond motifs is 1. The molecule has 0 aromatic heterocycles. The lowest BCUT2D eigenvalue weighted by atomic mass is 10.1. The standard InChI is InChI=1S/C21H10Cl2FNO5/c22-14-6-3-7-17(29-11-8-9-16(24)15(23)10-11)18(14)21(28)30-25-19(26)12-4-1-2-5-13(12)20(25)27/h1-10H. The number of imide groups is 1. The van der Waals surface area contributed by atoms with Crippen LogP contribution in [0.3, 0.4) is 0 Å². The average molecular weight is 446 g/mol. The van der Waals surface area contributed by atoms with Crippen LogP contribution in [0.5, 0.6) is 11.5 Å². The van der Waals surface area contributed by atoms with Crippen LogP contribution in [0.2, 0.25) is 10.0 Å².